The highest BCUT2D eigenvalue weighted by Gasteiger charge is 2.34. The van der Waals surface area contributed by atoms with Crippen molar-refractivity contribution in [1.29, 1.82) is 0 Å². The van der Waals surface area contributed by atoms with Gasteiger partial charge in [-0.2, -0.15) is 17.4 Å². The molecule has 0 amide bonds. The topological polar surface area (TPSA) is 84.7 Å². The lowest BCUT2D eigenvalue weighted by Gasteiger charge is -2.33. The second-order valence-corrected chi connectivity index (χ2v) is 6.28. The maximum atomic E-state index is 12.1. The summed E-state index contributed by atoms with van der Waals surface area (Å²) in [5.74, 6) is 0. The van der Waals surface area contributed by atoms with Crippen LogP contribution < -0.4 is 10.5 Å². The van der Waals surface area contributed by atoms with Crippen LogP contribution in [-0.2, 0) is 14.9 Å². The average Bonchev–Trinajstić information content (AvgIpc) is 2.29. The molecule has 1 unspecified atom stereocenters. The van der Waals surface area contributed by atoms with Gasteiger partial charge in [0.2, 0.25) is 0 Å². The van der Waals surface area contributed by atoms with E-state index >= 15 is 0 Å². The summed E-state index contributed by atoms with van der Waals surface area (Å²) in [7, 11) is -3.56. The van der Waals surface area contributed by atoms with Crippen molar-refractivity contribution >= 4 is 27.4 Å². The van der Waals surface area contributed by atoms with E-state index in [1.54, 1.807) is 6.92 Å². The van der Waals surface area contributed by atoms with E-state index < -0.39 is 15.7 Å². The molecule has 0 bridgehead atoms. The van der Waals surface area contributed by atoms with Crippen molar-refractivity contribution in [1.82, 2.24) is 9.03 Å². The predicted octanol–water partition coefficient (Wildman–Crippen LogP) is -0.392. The smallest absolute Gasteiger partial charge is 0.280 e. The SMILES string of the molecule is CCC(C)(NS(=O)(=O)N1CCOCC1)C(N)=S. The first kappa shape index (κ1) is 14.8. The van der Waals surface area contributed by atoms with Crippen molar-refractivity contribution in [3.05, 3.63) is 0 Å². The number of thiocarbonyl (C=S) groups is 1. The summed E-state index contributed by atoms with van der Waals surface area (Å²) in [5, 5.41) is 0. The third-order valence-corrected chi connectivity index (χ3v) is 5.12. The molecule has 1 aliphatic rings. The summed E-state index contributed by atoms with van der Waals surface area (Å²) in [6, 6.07) is 0. The van der Waals surface area contributed by atoms with E-state index in [4.69, 9.17) is 22.7 Å². The Morgan fingerprint density at radius 3 is 2.47 bits per heavy atom. The number of nitrogens with zero attached hydrogens (tertiary/aromatic N) is 1. The van der Waals surface area contributed by atoms with Gasteiger partial charge in [0, 0.05) is 13.1 Å². The third-order valence-electron chi connectivity index (χ3n) is 2.92. The lowest BCUT2D eigenvalue weighted by Crippen LogP contribution is -2.58. The van der Waals surface area contributed by atoms with Gasteiger partial charge < -0.3 is 10.5 Å². The van der Waals surface area contributed by atoms with Crippen LogP contribution in [0.4, 0.5) is 0 Å². The molecule has 1 rings (SSSR count). The van der Waals surface area contributed by atoms with Crippen LogP contribution in [0.1, 0.15) is 20.3 Å². The zero-order chi connectivity index (χ0) is 13.1. The molecule has 8 heteroatoms. The first-order valence-electron chi connectivity index (χ1n) is 5.48. The van der Waals surface area contributed by atoms with Crippen LogP contribution in [0.3, 0.4) is 0 Å². The highest BCUT2D eigenvalue weighted by atomic mass is 32.2. The van der Waals surface area contributed by atoms with Crippen LogP contribution in [0.15, 0.2) is 0 Å². The Hall–Kier alpha value is -0.280. The Kier molecular flexibility index (Phi) is 4.85. The molecule has 0 aliphatic carbocycles. The van der Waals surface area contributed by atoms with Crippen molar-refractivity contribution in [3.8, 4) is 0 Å². The Labute approximate surface area is 108 Å². The van der Waals surface area contributed by atoms with E-state index in [2.05, 4.69) is 4.72 Å². The van der Waals surface area contributed by atoms with Crippen LogP contribution in [-0.4, -0.2) is 49.6 Å². The first-order chi connectivity index (χ1) is 7.82. The van der Waals surface area contributed by atoms with Gasteiger partial charge in [-0.3, -0.25) is 0 Å². The molecule has 1 heterocycles. The fourth-order valence-electron chi connectivity index (χ4n) is 1.43. The molecule has 0 radical (unpaired) electrons. The average molecular weight is 281 g/mol. The Morgan fingerprint density at radius 2 is 2.06 bits per heavy atom. The molecule has 1 saturated heterocycles. The minimum absolute atomic E-state index is 0.150. The molecule has 3 N–H and O–H groups in total. The van der Waals surface area contributed by atoms with Crippen molar-refractivity contribution in [2.24, 2.45) is 5.73 Å². The molecule has 100 valence electrons. The molecule has 1 fully saturated rings. The number of nitrogens with two attached hydrogens (primary N) is 1. The molecule has 0 saturated carbocycles. The van der Waals surface area contributed by atoms with Gasteiger partial charge >= 0.3 is 0 Å². The second kappa shape index (κ2) is 5.57. The van der Waals surface area contributed by atoms with Crippen molar-refractivity contribution < 1.29 is 13.2 Å². The summed E-state index contributed by atoms with van der Waals surface area (Å²) >= 11 is 4.91. The maximum Gasteiger partial charge on any atom is 0.280 e. The van der Waals surface area contributed by atoms with E-state index in [9.17, 15) is 8.42 Å². The van der Waals surface area contributed by atoms with Crippen LogP contribution in [0.2, 0.25) is 0 Å². The predicted molar refractivity (Wildman–Crippen MR) is 69.9 cm³/mol. The number of hydrogen-bond donors (Lipinski definition) is 2. The molecule has 1 atom stereocenters. The van der Waals surface area contributed by atoms with Crippen LogP contribution in [0.5, 0.6) is 0 Å². The fraction of sp³-hybridized carbons (Fsp3) is 0.889. The molecule has 0 spiro atoms. The fourth-order valence-corrected chi connectivity index (χ4v) is 3.28. The van der Waals surface area contributed by atoms with E-state index in [1.807, 2.05) is 6.92 Å². The van der Waals surface area contributed by atoms with Gasteiger partial charge in [0.1, 0.15) is 0 Å². The minimum Gasteiger partial charge on any atom is -0.392 e. The zero-order valence-electron chi connectivity index (χ0n) is 10.1. The molecule has 0 aromatic rings. The van der Waals surface area contributed by atoms with E-state index in [-0.39, 0.29) is 4.99 Å². The second-order valence-electron chi connectivity index (χ2n) is 4.17. The monoisotopic (exact) mass is 281 g/mol. The standard InChI is InChI=1S/C9H19N3O3S2/c1-3-9(2,8(10)16)11-17(13,14)12-4-6-15-7-5-12/h11H,3-7H2,1-2H3,(H2,10,16). The molecule has 6 nitrogen and oxygen atoms in total. The van der Waals surface area contributed by atoms with E-state index in [0.717, 1.165) is 0 Å². The van der Waals surface area contributed by atoms with Gasteiger partial charge in [0.25, 0.3) is 10.2 Å². The lowest BCUT2D eigenvalue weighted by atomic mass is 10.0. The first-order valence-corrected chi connectivity index (χ1v) is 7.33. The van der Waals surface area contributed by atoms with Crippen LogP contribution >= 0.6 is 12.2 Å². The molecule has 1 aliphatic heterocycles. The van der Waals surface area contributed by atoms with Gasteiger partial charge in [0.05, 0.1) is 23.7 Å². The number of morpholine rings is 1. The highest BCUT2D eigenvalue weighted by molar-refractivity contribution is 7.87. The van der Waals surface area contributed by atoms with E-state index in [1.165, 1.54) is 4.31 Å². The number of rotatable bonds is 5. The number of nitrogens with one attached hydrogen (secondary N) is 1. The van der Waals surface area contributed by atoms with Gasteiger partial charge in [-0.05, 0) is 13.3 Å². The van der Waals surface area contributed by atoms with E-state index in [0.29, 0.717) is 32.7 Å². The Bertz CT molecular complexity index is 379. The van der Waals surface area contributed by atoms with Gasteiger partial charge in [-0.15, -0.1) is 0 Å². The number of hydrogen-bond acceptors (Lipinski definition) is 4. The molecule has 0 aromatic heterocycles. The molecule has 0 aromatic carbocycles. The van der Waals surface area contributed by atoms with Crippen molar-refractivity contribution in [3.63, 3.8) is 0 Å². The lowest BCUT2D eigenvalue weighted by molar-refractivity contribution is 0.0722. The maximum absolute atomic E-state index is 12.1. The summed E-state index contributed by atoms with van der Waals surface area (Å²) in [6.45, 7) is 5.06. The van der Waals surface area contributed by atoms with Crippen LogP contribution in [0, 0.1) is 0 Å². The summed E-state index contributed by atoms with van der Waals surface area (Å²) in [4.78, 5) is 0.150. The minimum atomic E-state index is -3.56. The molecular weight excluding hydrogens is 262 g/mol. The summed E-state index contributed by atoms with van der Waals surface area (Å²) in [6.07, 6.45) is 0.506. The van der Waals surface area contributed by atoms with Gasteiger partial charge in [-0.1, -0.05) is 19.1 Å². The van der Waals surface area contributed by atoms with Crippen molar-refractivity contribution in [2.45, 2.75) is 25.8 Å². The summed E-state index contributed by atoms with van der Waals surface area (Å²) in [5.41, 5.74) is 4.70. The van der Waals surface area contributed by atoms with Gasteiger partial charge in [0.15, 0.2) is 0 Å². The third kappa shape index (κ3) is 3.59. The highest BCUT2D eigenvalue weighted by Crippen LogP contribution is 2.14. The Balaban J connectivity index is 2.80. The quantitative estimate of drug-likeness (QED) is 0.670. The normalized spacial score (nSPS) is 22.0. The molecule has 17 heavy (non-hydrogen) atoms. The number of ether oxygens (including phenoxy) is 1. The van der Waals surface area contributed by atoms with Crippen LogP contribution in [0.25, 0.3) is 0 Å². The van der Waals surface area contributed by atoms with Gasteiger partial charge in [-0.25, -0.2) is 0 Å². The molecular formula is C9H19N3O3S2. The van der Waals surface area contributed by atoms with Crippen molar-refractivity contribution in [2.75, 3.05) is 26.3 Å². The Morgan fingerprint density at radius 1 is 1.53 bits per heavy atom. The largest absolute Gasteiger partial charge is 0.392 e. The zero-order valence-corrected chi connectivity index (χ0v) is 11.7. The summed E-state index contributed by atoms with van der Waals surface area (Å²) < 4.78 is 33.2.